The molecule has 1 rings (SSSR count). The summed E-state index contributed by atoms with van der Waals surface area (Å²) in [6.07, 6.45) is -5.47. The van der Waals surface area contributed by atoms with Crippen LogP contribution in [0, 0.1) is 0 Å². The van der Waals surface area contributed by atoms with Crippen LogP contribution in [0.4, 0.5) is 0 Å². The third kappa shape index (κ3) is 13.1. The molecule has 1 fully saturated rings. The minimum atomic E-state index is -1.53. The van der Waals surface area contributed by atoms with E-state index >= 15 is 0 Å². The average Bonchev–Trinajstić information content (AvgIpc) is 2.88. The molecule has 1 saturated heterocycles. The second kappa shape index (κ2) is 18.9. The molecule has 1 aliphatic heterocycles. The fraction of sp³-hybridized carbons (Fsp3) is 0.846. The third-order valence-corrected chi connectivity index (χ3v) is 5.91. The Kier molecular flexibility index (Phi) is 16.8. The minimum Gasteiger partial charge on any atom is -0.463 e. The van der Waals surface area contributed by atoms with Crippen LogP contribution in [0.1, 0.15) is 79.1 Å². The van der Waals surface area contributed by atoms with Gasteiger partial charge in [-0.05, 0) is 12.8 Å². The standard InChI is InChI=1S/C26H44O13/c1-5-7-9-11-21(32)38-24-23(36-17(4)29)20(15-34-16(3)28)37-26(35-14-19(31)18(30)13-27)25(24)39-22(33)12-10-8-6-2/h18-20,23-27,30-31H,5-15H2,1-4H3. The minimum absolute atomic E-state index is 0.0508. The molecule has 7 unspecified atom stereocenters. The first kappa shape index (κ1) is 34.7. The normalized spacial score (nSPS) is 24.3. The molecule has 0 bridgehead atoms. The molecule has 3 N–H and O–H groups in total. The summed E-state index contributed by atoms with van der Waals surface area (Å²) in [6, 6.07) is 0. The fourth-order valence-corrected chi connectivity index (χ4v) is 3.83. The number of hydrogen-bond donors (Lipinski definition) is 3. The third-order valence-electron chi connectivity index (χ3n) is 5.91. The highest BCUT2D eigenvalue weighted by molar-refractivity contribution is 5.71. The first-order chi connectivity index (χ1) is 18.5. The van der Waals surface area contributed by atoms with E-state index in [-0.39, 0.29) is 12.8 Å². The second-order valence-electron chi connectivity index (χ2n) is 9.39. The maximum absolute atomic E-state index is 12.8. The van der Waals surface area contributed by atoms with Crippen molar-refractivity contribution < 1.29 is 62.9 Å². The smallest absolute Gasteiger partial charge is 0.306 e. The van der Waals surface area contributed by atoms with Crippen LogP contribution in [0.15, 0.2) is 0 Å². The molecule has 0 spiro atoms. The van der Waals surface area contributed by atoms with E-state index in [4.69, 9.17) is 33.5 Å². The van der Waals surface area contributed by atoms with Crippen molar-refractivity contribution in [3.05, 3.63) is 0 Å². The van der Waals surface area contributed by atoms with Crippen molar-refractivity contribution in [2.24, 2.45) is 0 Å². The number of unbranched alkanes of at least 4 members (excludes halogenated alkanes) is 4. The summed E-state index contributed by atoms with van der Waals surface area (Å²) in [5.74, 6) is -2.69. The Labute approximate surface area is 229 Å². The molecule has 0 radical (unpaired) electrons. The van der Waals surface area contributed by atoms with E-state index in [0.29, 0.717) is 12.8 Å². The van der Waals surface area contributed by atoms with Crippen molar-refractivity contribution in [3.8, 4) is 0 Å². The molecule has 39 heavy (non-hydrogen) atoms. The molecule has 7 atom stereocenters. The van der Waals surface area contributed by atoms with Crippen LogP contribution in [0.3, 0.4) is 0 Å². The lowest BCUT2D eigenvalue weighted by atomic mass is 9.98. The van der Waals surface area contributed by atoms with Gasteiger partial charge in [0.05, 0.1) is 13.2 Å². The number of ether oxygens (including phenoxy) is 6. The number of aliphatic hydroxyl groups is 3. The van der Waals surface area contributed by atoms with Gasteiger partial charge in [-0.1, -0.05) is 39.5 Å². The number of rotatable bonds is 18. The summed E-state index contributed by atoms with van der Waals surface area (Å²) in [5.41, 5.74) is 0. The van der Waals surface area contributed by atoms with E-state index < -0.39 is 86.6 Å². The first-order valence-electron chi connectivity index (χ1n) is 13.5. The van der Waals surface area contributed by atoms with Crippen molar-refractivity contribution in [2.75, 3.05) is 19.8 Å². The highest BCUT2D eigenvalue weighted by Crippen LogP contribution is 2.31. The summed E-state index contributed by atoms with van der Waals surface area (Å²) >= 11 is 0. The van der Waals surface area contributed by atoms with Crippen LogP contribution in [0.5, 0.6) is 0 Å². The zero-order valence-electron chi connectivity index (χ0n) is 23.2. The largest absolute Gasteiger partial charge is 0.463 e. The molecule has 0 saturated carbocycles. The summed E-state index contributed by atoms with van der Waals surface area (Å²) in [5, 5.41) is 28.9. The van der Waals surface area contributed by atoms with Crippen LogP contribution in [0.2, 0.25) is 0 Å². The Morgan fingerprint density at radius 3 is 1.82 bits per heavy atom. The van der Waals surface area contributed by atoms with E-state index in [2.05, 4.69) is 0 Å². The predicted octanol–water partition coefficient (Wildman–Crippen LogP) is 0.921. The SMILES string of the molecule is CCCCCC(=O)OC1C(OCC(O)C(O)CO)OC(COC(C)=O)C(OC(C)=O)C1OC(=O)CCCCC. The van der Waals surface area contributed by atoms with Crippen molar-refractivity contribution in [2.45, 2.75) is 122 Å². The van der Waals surface area contributed by atoms with Crippen molar-refractivity contribution in [3.63, 3.8) is 0 Å². The highest BCUT2D eigenvalue weighted by Gasteiger charge is 2.53. The Morgan fingerprint density at radius 2 is 1.33 bits per heavy atom. The van der Waals surface area contributed by atoms with Crippen molar-refractivity contribution >= 4 is 23.9 Å². The molecule has 0 aromatic carbocycles. The molecule has 0 aromatic heterocycles. The van der Waals surface area contributed by atoms with Gasteiger partial charge < -0.3 is 43.7 Å². The predicted molar refractivity (Wildman–Crippen MR) is 134 cm³/mol. The Bertz CT molecular complexity index is 758. The number of esters is 4. The van der Waals surface area contributed by atoms with E-state index in [0.717, 1.165) is 39.5 Å². The summed E-state index contributed by atoms with van der Waals surface area (Å²) in [7, 11) is 0. The number of aliphatic hydroxyl groups excluding tert-OH is 3. The van der Waals surface area contributed by atoms with Gasteiger partial charge in [-0.15, -0.1) is 0 Å². The zero-order valence-corrected chi connectivity index (χ0v) is 23.2. The average molecular weight is 565 g/mol. The van der Waals surface area contributed by atoms with Crippen LogP contribution in [-0.2, 0) is 47.6 Å². The number of carbonyl (C=O) groups is 4. The molecular weight excluding hydrogens is 520 g/mol. The molecule has 1 heterocycles. The van der Waals surface area contributed by atoms with Gasteiger partial charge in [-0.2, -0.15) is 0 Å². The lowest BCUT2D eigenvalue weighted by molar-refractivity contribution is -0.312. The van der Waals surface area contributed by atoms with E-state index in [9.17, 15) is 29.4 Å². The monoisotopic (exact) mass is 564 g/mol. The molecule has 226 valence electrons. The molecule has 1 aliphatic rings. The van der Waals surface area contributed by atoms with Crippen LogP contribution in [-0.4, -0.2) is 102 Å². The molecule has 0 amide bonds. The van der Waals surface area contributed by atoms with Gasteiger partial charge in [0.2, 0.25) is 0 Å². The summed E-state index contributed by atoms with van der Waals surface area (Å²) < 4.78 is 33.3. The lowest BCUT2D eigenvalue weighted by Crippen LogP contribution is -2.63. The number of hydrogen-bond acceptors (Lipinski definition) is 13. The van der Waals surface area contributed by atoms with Crippen LogP contribution in [0.25, 0.3) is 0 Å². The Hall–Kier alpha value is -2.32. The van der Waals surface area contributed by atoms with Gasteiger partial charge in [0.15, 0.2) is 24.6 Å². The second-order valence-corrected chi connectivity index (χ2v) is 9.39. The molecule has 13 heteroatoms. The molecule has 0 aromatic rings. The van der Waals surface area contributed by atoms with E-state index in [1.54, 1.807) is 0 Å². The first-order valence-corrected chi connectivity index (χ1v) is 13.5. The maximum atomic E-state index is 12.8. The van der Waals surface area contributed by atoms with Gasteiger partial charge in [0, 0.05) is 26.7 Å². The van der Waals surface area contributed by atoms with Gasteiger partial charge in [-0.3, -0.25) is 19.2 Å². The highest BCUT2D eigenvalue weighted by atomic mass is 16.7. The molecule has 13 nitrogen and oxygen atoms in total. The van der Waals surface area contributed by atoms with Gasteiger partial charge >= 0.3 is 23.9 Å². The Morgan fingerprint density at radius 1 is 0.769 bits per heavy atom. The maximum Gasteiger partial charge on any atom is 0.306 e. The van der Waals surface area contributed by atoms with Crippen molar-refractivity contribution in [1.29, 1.82) is 0 Å². The quantitative estimate of drug-likeness (QED) is 0.121. The van der Waals surface area contributed by atoms with Gasteiger partial charge in [0.1, 0.15) is 24.9 Å². The molecule has 0 aliphatic carbocycles. The summed E-state index contributed by atoms with van der Waals surface area (Å²) in [6.45, 7) is 4.51. The Balaban J connectivity index is 3.36. The van der Waals surface area contributed by atoms with E-state index in [1.807, 2.05) is 13.8 Å². The van der Waals surface area contributed by atoms with Gasteiger partial charge in [0.25, 0.3) is 0 Å². The fourth-order valence-electron chi connectivity index (χ4n) is 3.83. The molecular formula is C26H44O13. The topological polar surface area (TPSA) is 184 Å². The zero-order chi connectivity index (χ0) is 29.4. The van der Waals surface area contributed by atoms with Gasteiger partial charge in [-0.25, -0.2) is 0 Å². The van der Waals surface area contributed by atoms with Crippen LogP contribution < -0.4 is 0 Å². The lowest BCUT2D eigenvalue weighted by Gasteiger charge is -2.44. The summed E-state index contributed by atoms with van der Waals surface area (Å²) in [4.78, 5) is 49.0. The van der Waals surface area contributed by atoms with Crippen molar-refractivity contribution in [1.82, 2.24) is 0 Å². The number of carbonyl (C=O) groups excluding carboxylic acids is 4. The van der Waals surface area contributed by atoms with E-state index in [1.165, 1.54) is 0 Å². The van der Waals surface area contributed by atoms with Crippen LogP contribution >= 0.6 is 0 Å².